The number of nitrogens with one attached hydrogen (secondary N) is 2. The Morgan fingerprint density at radius 3 is 2.81 bits per heavy atom. The van der Waals surface area contributed by atoms with E-state index in [0.29, 0.717) is 6.54 Å². The highest BCUT2D eigenvalue weighted by molar-refractivity contribution is 5.85. The van der Waals surface area contributed by atoms with E-state index >= 15 is 0 Å². The van der Waals surface area contributed by atoms with E-state index in [2.05, 4.69) is 10.3 Å². The number of rotatable bonds is 1. The summed E-state index contributed by atoms with van der Waals surface area (Å²) in [6.45, 7) is 2.25. The standard InChI is InChI=1S/C9H14N4O.2ClH/c10-9(14)13-4-3-12-6-8(13)7-1-2-11-5-7;;/h1-2,5,8,11-12H,3-4,6H2,(H2,10,14);2*1H. The molecule has 5 nitrogen and oxygen atoms in total. The van der Waals surface area contributed by atoms with Gasteiger partial charge in [-0.25, -0.2) is 4.79 Å². The van der Waals surface area contributed by atoms with Gasteiger partial charge in [-0.15, -0.1) is 24.8 Å². The Kier molecular flexibility index (Phi) is 6.25. The summed E-state index contributed by atoms with van der Waals surface area (Å²) in [4.78, 5) is 15.8. The number of nitrogens with zero attached hydrogens (tertiary/aromatic N) is 1. The number of hydrogen-bond donors (Lipinski definition) is 3. The van der Waals surface area contributed by atoms with E-state index in [1.54, 1.807) is 4.90 Å². The van der Waals surface area contributed by atoms with Gasteiger partial charge < -0.3 is 20.9 Å². The maximum atomic E-state index is 11.2. The Morgan fingerprint density at radius 2 is 2.25 bits per heavy atom. The summed E-state index contributed by atoms with van der Waals surface area (Å²) < 4.78 is 0. The van der Waals surface area contributed by atoms with Crippen LogP contribution in [0.4, 0.5) is 4.79 Å². The van der Waals surface area contributed by atoms with Crippen LogP contribution in [0.5, 0.6) is 0 Å². The molecule has 0 bridgehead atoms. The monoisotopic (exact) mass is 266 g/mol. The average molecular weight is 267 g/mol. The molecule has 0 aromatic carbocycles. The molecule has 0 spiro atoms. The fourth-order valence-electron chi connectivity index (χ4n) is 1.81. The second kappa shape index (κ2) is 6.62. The van der Waals surface area contributed by atoms with Crippen LogP contribution in [0.15, 0.2) is 18.5 Å². The topological polar surface area (TPSA) is 74.2 Å². The molecule has 7 heteroatoms. The number of primary amides is 1. The molecule has 16 heavy (non-hydrogen) atoms. The highest BCUT2D eigenvalue weighted by Gasteiger charge is 2.26. The normalized spacial score (nSPS) is 19.5. The second-order valence-corrected chi connectivity index (χ2v) is 3.40. The van der Waals surface area contributed by atoms with Crippen LogP contribution in [0, 0.1) is 0 Å². The van der Waals surface area contributed by atoms with Gasteiger partial charge in [-0.05, 0) is 11.6 Å². The molecular weight excluding hydrogens is 251 g/mol. The lowest BCUT2D eigenvalue weighted by Crippen LogP contribution is -2.50. The Bertz CT molecular complexity index is 317. The summed E-state index contributed by atoms with van der Waals surface area (Å²) in [5.41, 5.74) is 6.41. The first kappa shape index (κ1) is 15.1. The zero-order valence-corrected chi connectivity index (χ0v) is 10.3. The first-order chi connectivity index (χ1) is 6.79. The Hall–Kier alpha value is -0.910. The molecule has 1 saturated heterocycles. The SMILES string of the molecule is Cl.Cl.NC(=O)N1CCNCC1c1cc[nH]c1. The third-order valence-electron chi connectivity index (χ3n) is 2.53. The van der Waals surface area contributed by atoms with Crippen molar-refractivity contribution in [2.75, 3.05) is 19.6 Å². The lowest BCUT2D eigenvalue weighted by atomic mass is 10.1. The van der Waals surface area contributed by atoms with Gasteiger partial charge in [0.25, 0.3) is 0 Å². The van der Waals surface area contributed by atoms with Crippen molar-refractivity contribution in [2.45, 2.75) is 6.04 Å². The van der Waals surface area contributed by atoms with Gasteiger partial charge in [0.2, 0.25) is 0 Å². The molecule has 92 valence electrons. The average Bonchev–Trinajstić information content (AvgIpc) is 2.70. The van der Waals surface area contributed by atoms with E-state index in [0.717, 1.165) is 18.7 Å². The molecule has 1 aliphatic rings. The minimum atomic E-state index is -0.349. The van der Waals surface area contributed by atoms with Crippen LogP contribution >= 0.6 is 24.8 Å². The molecule has 1 atom stereocenters. The summed E-state index contributed by atoms with van der Waals surface area (Å²) in [5.74, 6) is 0. The molecule has 0 radical (unpaired) electrons. The van der Waals surface area contributed by atoms with E-state index in [-0.39, 0.29) is 36.9 Å². The summed E-state index contributed by atoms with van der Waals surface area (Å²) in [6, 6.07) is 1.68. The Morgan fingerprint density at radius 1 is 1.50 bits per heavy atom. The smallest absolute Gasteiger partial charge is 0.315 e. The number of aromatic amines is 1. The van der Waals surface area contributed by atoms with Gasteiger partial charge in [0.1, 0.15) is 0 Å². The number of urea groups is 1. The molecule has 2 amide bonds. The summed E-state index contributed by atoms with van der Waals surface area (Å²) >= 11 is 0. The van der Waals surface area contributed by atoms with Gasteiger partial charge in [-0.1, -0.05) is 0 Å². The summed E-state index contributed by atoms with van der Waals surface area (Å²) in [5, 5.41) is 3.24. The third-order valence-corrected chi connectivity index (χ3v) is 2.53. The quantitative estimate of drug-likeness (QED) is 0.706. The number of aromatic nitrogens is 1. The van der Waals surface area contributed by atoms with Gasteiger partial charge >= 0.3 is 6.03 Å². The highest BCUT2D eigenvalue weighted by atomic mass is 35.5. The first-order valence-corrected chi connectivity index (χ1v) is 4.68. The van der Waals surface area contributed by atoms with E-state index in [1.165, 1.54) is 0 Å². The van der Waals surface area contributed by atoms with Crippen molar-refractivity contribution in [1.82, 2.24) is 15.2 Å². The van der Waals surface area contributed by atoms with Crippen molar-refractivity contribution >= 4 is 30.8 Å². The van der Waals surface area contributed by atoms with Gasteiger partial charge in [0.15, 0.2) is 0 Å². The number of H-pyrrole nitrogens is 1. The largest absolute Gasteiger partial charge is 0.367 e. The number of carbonyl (C=O) groups excluding carboxylic acids is 1. The van der Waals surface area contributed by atoms with Crippen LogP contribution in [0.1, 0.15) is 11.6 Å². The molecule has 0 aliphatic carbocycles. The minimum absolute atomic E-state index is 0. The molecule has 1 aromatic heterocycles. The molecule has 1 aliphatic heterocycles. The maximum absolute atomic E-state index is 11.2. The first-order valence-electron chi connectivity index (χ1n) is 4.68. The van der Waals surface area contributed by atoms with E-state index < -0.39 is 0 Å². The molecule has 2 heterocycles. The zero-order valence-electron chi connectivity index (χ0n) is 8.68. The predicted octanol–water partition coefficient (Wildman–Crippen LogP) is 0.883. The number of amides is 2. The van der Waals surface area contributed by atoms with Gasteiger partial charge in [0, 0.05) is 32.0 Å². The number of hydrogen-bond acceptors (Lipinski definition) is 2. The molecule has 2 rings (SSSR count). The zero-order chi connectivity index (χ0) is 9.97. The van der Waals surface area contributed by atoms with E-state index in [4.69, 9.17) is 5.73 Å². The van der Waals surface area contributed by atoms with Gasteiger partial charge in [-0.3, -0.25) is 0 Å². The van der Waals surface area contributed by atoms with E-state index in [9.17, 15) is 4.79 Å². The Labute approximate surface area is 107 Å². The van der Waals surface area contributed by atoms with Crippen LogP contribution in [0.2, 0.25) is 0 Å². The van der Waals surface area contributed by atoms with Crippen molar-refractivity contribution in [1.29, 1.82) is 0 Å². The van der Waals surface area contributed by atoms with Crippen molar-refractivity contribution < 1.29 is 4.79 Å². The molecule has 1 aromatic rings. The molecule has 1 unspecified atom stereocenters. The number of carbonyl (C=O) groups is 1. The number of halogens is 2. The van der Waals surface area contributed by atoms with E-state index in [1.807, 2.05) is 18.5 Å². The van der Waals surface area contributed by atoms with Crippen LogP contribution in [-0.4, -0.2) is 35.5 Å². The lowest BCUT2D eigenvalue weighted by Gasteiger charge is -2.34. The van der Waals surface area contributed by atoms with Crippen molar-refractivity contribution in [3.8, 4) is 0 Å². The van der Waals surface area contributed by atoms with Gasteiger partial charge in [0.05, 0.1) is 6.04 Å². The summed E-state index contributed by atoms with van der Waals surface area (Å²) in [6.07, 6.45) is 3.75. The predicted molar refractivity (Wildman–Crippen MR) is 67.2 cm³/mol. The van der Waals surface area contributed by atoms with Crippen molar-refractivity contribution in [2.24, 2.45) is 5.73 Å². The molecular formula is C9H16Cl2N4O. The van der Waals surface area contributed by atoms with Crippen LogP contribution in [0.3, 0.4) is 0 Å². The van der Waals surface area contributed by atoms with Crippen molar-refractivity contribution in [3.05, 3.63) is 24.0 Å². The fraction of sp³-hybridized carbons (Fsp3) is 0.444. The number of piperazine rings is 1. The number of nitrogens with two attached hydrogens (primary N) is 1. The lowest BCUT2D eigenvalue weighted by molar-refractivity contribution is 0.167. The Balaban J connectivity index is 0.00000112. The fourth-order valence-corrected chi connectivity index (χ4v) is 1.81. The molecule has 1 fully saturated rings. The van der Waals surface area contributed by atoms with Crippen molar-refractivity contribution in [3.63, 3.8) is 0 Å². The summed E-state index contributed by atoms with van der Waals surface area (Å²) in [7, 11) is 0. The molecule has 4 N–H and O–H groups in total. The minimum Gasteiger partial charge on any atom is -0.367 e. The molecule has 0 saturated carbocycles. The second-order valence-electron chi connectivity index (χ2n) is 3.40. The third kappa shape index (κ3) is 3.04. The highest BCUT2D eigenvalue weighted by Crippen LogP contribution is 2.20. The maximum Gasteiger partial charge on any atom is 0.315 e. The van der Waals surface area contributed by atoms with Crippen LogP contribution < -0.4 is 11.1 Å². The van der Waals surface area contributed by atoms with Gasteiger partial charge in [-0.2, -0.15) is 0 Å². The van der Waals surface area contributed by atoms with Crippen LogP contribution in [-0.2, 0) is 0 Å². The van der Waals surface area contributed by atoms with Crippen LogP contribution in [0.25, 0.3) is 0 Å².